The maximum absolute atomic E-state index is 14.4. The van der Waals surface area contributed by atoms with Gasteiger partial charge in [0.2, 0.25) is 10.0 Å². The van der Waals surface area contributed by atoms with Gasteiger partial charge in [-0.25, -0.2) is 17.2 Å². The first kappa shape index (κ1) is 39.7. The van der Waals surface area contributed by atoms with Crippen molar-refractivity contribution in [2.24, 2.45) is 5.92 Å². The van der Waals surface area contributed by atoms with Crippen molar-refractivity contribution in [2.45, 2.75) is 90.0 Å². The molecule has 0 saturated heterocycles. The number of nitrogens with two attached hydrogens (primary N) is 1. The van der Waals surface area contributed by atoms with Crippen LogP contribution in [0.1, 0.15) is 98.4 Å². The van der Waals surface area contributed by atoms with Crippen LogP contribution in [0.25, 0.3) is 0 Å². The van der Waals surface area contributed by atoms with E-state index >= 15 is 0 Å². The molecular formula is C37H52F2N4O5S. The molecular weight excluding hydrogens is 650 g/mol. The number of alkyl halides is 2. The number of hydrogen-bond donors (Lipinski definition) is 3. The summed E-state index contributed by atoms with van der Waals surface area (Å²) < 4.78 is 70.0. The van der Waals surface area contributed by atoms with Gasteiger partial charge in [-0.15, -0.1) is 0 Å². The number of anilines is 2. The number of halogens is 2. The number of nitrogen functional groups attached to an aromatic ring is 1. The van der Waals surface area contributed by atoms with Gasteiger partial charge in [-0.2, -0.15) is 4.31 Å². The van der Waals surface area contributed by atoms with Crippen molar-refractivity contribution in [3.63, 3.8) is 0 Å². The van der Waals surface area contributed by atoms with Gasteiger partial charge in [-0.3, -0.25) is 4.79 Å². The second kappa shape index (κ2) is 15.9. The number of hydrogen-bond acceptors (Lipinski definition) is 8. The highest BCUT2D eigenvalue weighted by molar-refractivity contribution is 7.89. The van der Waals surface area contributed by atoms with Gasteiger partial charge in [-0.05, 0) is 90.6 Å². The number of methoxy groups -OCH3 is 1. The fraction of sp³-hybridized carbons (Fsp3) is 0.486. The predicted octanol–water partition coefficient (Wildman–Crippen LogP) is 7.88. The Balaban J connectivity index is 0.00000213. The van der Waals surface area contributed by atoms with E-state index in [1.165, 1.54) is 16.4 Å². The van der Waals surface area contributed by atoms with Crippen molar-refractivity contribution >= 4 is 27.4 Å². The van der Waals surface area contributed by atoms with Crippen LogP contribution in [0.5, 0.6) is 5.75 Å². The number of carbonyl (C=O) groups excluding carboxylic acids is 1. The molecule has 1 heterocycles. The molecule has 2 aliphatic rings. The van der Waals surface area contributed by atoms with Crippen LogP contribution in [0, 0.1) is 12.8 Å². The van der Waals surface area contributed by atoms with Crippen molar-refractivity contribution in [3.05, 3.63) is 81.4 Å². The van der Waals surface area contributed by atoms with E-state index < -0.39 is 27.9 Å². The van der Waals surface area contributed by atoms with E-state index in [2.05, 4.69) is 5.32 Å². The van der Waals surface area contributed by atoms with Crippen molar-refractivity contribution in [3.8, 4) is 5.75 Å². The van der Waals surface area contributed by atoms with Gasteiger partial charge in [0.15, 0.2) is 0 Å². The average Bonchev–Trinajstić information content (AvgIpc) is 3.45. The van der Waals surface area contributed by atoms with Crippen LogP contribution in [0.15, 0.2) is 47.4 Å². The number of benzene rings is 3. The first-order valence-electron chi connectivity index (χ1n) is 16.7. The van der Waals surface area contributed by atoms with Gasteiger partial charge in [0.1, 0.15) is 5.75 Å². The van der Waals surface area contributed by atoms with E-state index in [1.807, 2.05) is 52.0 Å². The Morgan fingerprint density at radius 2 is 1.86 bits per heavy atom. The first-order valence-corrected chi connectivity index (χ1v) is 18.1. The van der Waals surface area contributed by atoms with Crippen molar-refractivity contribution < 1.29 is 31.5 Å². The number of nitrogens with zero attached hydrogens (tertiary/aromatic N) is 1. The van der Waals surface area contributed by atoms with Crippen LogP contribution in [0.2, 0.25) is 0 Å². The van der Waals surface area contributed by atoms with E-state index in [4.69, 9.17) is 15.2 Å². The zero-order valence-electron chi connectivity index (χ0n) is 30.0. The number of carbonyl (C=O) groups is 1. The number of rotatable bonds is 9. The van der Waals surface area contributed by atoms with E-state index in [9.17, 15) is 22.0 Å². The topological polar surface area (TPSA) is 146 Å². The third-order valence-corrected chi connectivity index (χ3v) is 11.2. The molecule has 2 unspecified atom stereocenters. The van der Waals surface area contributed by atoms with Crippen LogP contribution >= 0.6 is 0 Å². The van der Waals surface area contributed by atoms with Crippen molar-refractivity contribution in [2.75, 3.05) is 38.4 Å². The van der Waals surface area contributed by atoms with E-state index in [1.54, 1.807) is 21.1 Å². The summed E-state index contributed by atoms with van der Waals surface area (Å²) >= 11 is 0. The van der Waals surface area contributed by atoms with Gasteiger partial charge in [0.05, 0.1) is 42.4 Å². The van der Waals surface area contributed by atoms with Crippen LogP contribution in [-0.2, 0) is 38.3 Å². The lowest BCUT2D eigenvalue weighted by Gasteiger charge is -2.31. The Kier molecular flexibility index (Phi) is 12.9. The molecule has 12 heteroatoms. The molecule has 6 N–H and O–H groups in total. The van der Waals surface area contributed by atoms with E-state index in [-0.39, 0.29) is 48.1 Å². The SMILES string of the molecule is CC.CCOC(=O)CC(c1cc(N)c(NC)c(OC)c1)c1ccc(C)c2c1CCC2N1C[C@@H](C)Cc2ccc(C(C)(F)F)cc2S1(=O)=O.N. The summed E-state index contributed by atoms with van der Waals surface area (Å²) in [4.78, 5) is 12.9. The highest BCUT2D eigenvalue weighted by atomic mass is 32.2. The molecule has 5 rings (SSSR count). The largest absolute Gasteiger partial charge is 0.494 e. The fourth-order valence-electron chi connectivity index (χ4n) is 7.17. The maximum atomic E-state index is 14.4. The molecule has 1 aliphatic carbocycles. The summed E-state index contributed by atoms with van der Waals surface area (Å²) in [6, 6.07) is 11.2. The predicted molar refractivity (Wildman–Crippen MR) is 191 cm³/mol. The smallest absolute Gasteiger partial charge is 0.306 e. The number of sulfonamides is 1. The summed E-state index contributed by atoms with van der Waals surface area (Å²) in [5, 5.41) is 3.06. The first-order chi connectivity index (χ1) is 22.7. The highest BCUT2D eigenvalue weighted by Gasteiger charge is 2.42. The Morgan fingerprint density at radius 1 is 1.16 bits per heavy atom. The van der Waals surface area contributed by atoms with Crippen LogP contribution < -0.4 is 21.9 Å². The van der Waals surface area contributed by atoms with Gasteiger partial charge in [-0.1, -0.05) is 45.0 Å². The summed E-state index contributed by atoms with van der Waals surface area (Å²) in [6.07, 6.45) is 1.62. The summed E-state index contributed by atoms with van der Waals surface area (Å²) in [6.45, 7) is 11.0. The van der Waals surface area contributed by atoms with Gasteiger partial charge in [0, 0.05) is 32.0 Å². The summed E-state index contributed by atoms with van der Waals surface area (Å²) in [5.74, 6) is -3.48. The zero-order chi connectivity index (χ0) is 35.6. The second-order valence-corrected chi connectivity index (χ2v) is 14.4. The number of esters is 1. The quantitative estimate of drug-likeness (QED) is 0.151. The molecule has 0 radical (unpaired) electrons. The average molecular weight is 703 g/mol. The third-order valence-electron chi connectivity index (χ3n) is 9.26. The number of ether oxygens (including phenoxy) is 2. The molecule has 49 heavy (non-hydrogen) atoms. The van der Waals surface area contributed by atoms with Crippen LogP contribution in [-0.4, -0.2) is 46.0 Å². The molecule has 0 aromatic heterocycles. The number of fused-ring (bicyclic) bond motifs is 2. The molecule has 270 valence electrons. The molecule has 3 aromatic carbocycles. The van der Waals surface area contributed by atoms with Gasteiger partial charge in [0.25, 0.3) is 5.92 Å². The fourth-order valence-corrected chi connectivity index (χ4v) is 9.17. The van der Waals surface area contributed by atoms with Crippen molar-refractivity contribution in [1.82, 2.24) is 10.5 Å². The van der Waals surface area contributed by atoms with Crippen LogP contribution in [0.4, 0.5) is 20.2 Å². The lowest BCUT2D eigenvalue weighted by molar-refractivity contribution is -0.143. The summed E-state index contributed by atoms with van der Waals surface area (Å²) in [7, 11) is -0.819. The Bertz CT molecular complexity index is 1760. The van der Waals surface area contributed by atoms with Crippen molar-refractivity contribution in [1.29, 1.82) is 0 Å². The molecule has 0 fully saturated rings. The second-order valence-electron chi connectivity index (χ2n) is 12.5. The Morgan fingerprint density at radius 3 is 2.47 bits per heavy atom. The Hall–Kier alpha value is -3.74. The third kappa shape index (κ3) is 7.86. The van der Waals surface area contributed by atoms with E-state index in [0.717, 1.165) is 40.8 Å². The van der Waals surface area contributed by atoms with Gasteiger partial charge < -0.3 is 26.7 Å². The highest BCUT2D eigenvalue weighted by Crippen LogP contribution is 2.48. The lowest BCUT2D eigenvalue weighted by atomic mass is 9.83. The monoisotopic (exact) mass is 702 g/mol. The normalized spacial score (nSPS) is 18.8. The zero-order valence-corrected chi connectivity index (χ0v) is 30.8. The lowest BCUT2D eigenvalue weighted by Crippen LogP contribution is -2.36. The molecule has 0 amide bonds. The molecule has 3 atom stereocenters. The number of nitrogens with one attached hydrogen (secondary N) is 1. The molecule has 1 aliphatic heterocycles. The minimum atomic E-state index is -4.13. The minimum Gasteiger partial charge on any atom is -0.494 e. The van der Waals surface area contributed by atoms with Crippen LogP contribution in [0.3, 0.4) is 0 Å². The molecule has 0 saturated carbocycles. The molecule has 0 spiro atoms. The maximum Gasteiger partial charge on any atom is 0.306 e. The molecule has 3 aromatic rings. The molecule has 9 nitrogen and oxygen atoms in total. The Labute approximate surface area is 290 Å². The minimum absolute atomic E-state index is 0. The van der Waals surface area contributed by atoms with Gasteiger partial charge >= 0.3 is 5.97 Å². The summed E-state index contributed by atoms with van der Waals surface area (Å²) in [5.41, 5.74) is 12.2. The standard InChI is InChI=1S/C35H43F2N3O5S.C2H6.H3N/c1-7-45-32(41)18-27(23-15-28(38)34(39-5)30(16-23)44-6)25-11-8-21(3)33-26(25)12-13-29(33)40-19-20(2)14-22-9-10-24(35(4,36)37)17-31(22)46(40,42)43;1-2;/h8-11,15-17,20,27,29,39H,7,12-14,18-19,38H2,1-6H3;1-2H3;1H3/t20-,27?,29?;;/m0../s1. The number of aryl methyl sites for hydroxylation is 1. The van der Waals surface area contributed by atoms with E-state index in [0.29, 0.717) is 42.0 Å². The molecule has 0 bridgehead atoms.